The summed E-state index contributed by atoms with van der Waals surface area (Å²) in [6.45, 7) is 7.10. The number of aromatic nitrogens is 1. The van der Waals surface area contributed by atoms with Gasteiger partial charge >= 0.3 is 5.97 Å². The summed E-state index contributed by atoms with van der Waals surface area (Å²) >= 11 is 0. The number of esters is 1. The summed E-state index contributed by atoms with van der Waals surface area (Å²) in [6.07, 6.45) is 0. The van der Waals surface area contributed by atoms with E-state index in [0.717, 1.165) is 12.4 Å². The maximum atomic E-state index is 11.5. The van der Waals surface area contributed by atoms with E-state index in [2.05, 4.69) is 43.1 Å². The van der Waals surface area contributed by atoms with Crippen LogP contribution >= 0.6 is 0 Å². The molecule has 0 saturated heterocycles. The minimum Gasteiger partial charge on any atom is -0.465 e. The van der Waals surface area contributed by atoms with Crippen molar-refractivity contribution < 1.29 is 9.53 Å². The number of aryl methyl sites for hydroxylation is 1. The zero-order chi connectivity index (χ0) is 15.3. The Balaban J connectivity index is 2.87. The van der Waals surface area contributed by atoms with Crippen LogP contribution in [0.2, 0.25) is 0 Å². The molecule has 1 atom stereocenters. The van der Waals surface area contributed by atoms with Gasteiger partial charge in [-0.2, -0.15) is 0 Å². The van der Waals surface area contributed by atoms with Crippen LogP contribution < -0.4 is 5.32 Å². The Morgan fingerprint density at radius 3 is 2.50 bits per heavy atom. The van der Waals surface area contributed by atoms with E-state index in [9.17, 15) is 4.79 Å². The van der Waals surface area contributed by atoms with Gasteiger partial charge in [0.15, 0.2) is 0 Å². The fraction of sp³-hybridized carbons (Fsp3) is 0.600. The van der Waals surface area contributed by atoms with Gasteiger partial charge in [-0.3, -0.25) is 0 Å². The summed E-state index contributed by atoms with van der Waals surface area (Å²) in [5.74, 6) is 0.922. The average Bonchev–Trinajstić information content (AvgIpc) is 2.36. The molecule has 0 aliphatic heterocycles. The van der Waals surface area contributed by atoms with E-state index in [4.69, 9.17) is 4.74 Å². The predicted molar refractivity (Wildman–Crippen MR) is 81.1 cm³/mol. The molecule has 1 rings (SSSR count). The minimum absolute atomic E-state index is 0.306. The highest BCUT2D eigenvalue weighted by atomic mass is 16.5. The lowest BCUT2D eigenvalue weighted by Gasteiger charge is -2.26. The second-order valence-corrected chi connectivity index (χ2v) is 5.58. The zero-order valence-electron chi connectivity index (χ0n) is 13.2. The number of likely N-dealkylation sites (N-methyl/N-ethyl adjacent to an activating group) is 1. The molecule has 1 unspecified atom stereocenters. The molecule has 0 aliphatic carbocycles. The van der Waals surface area contributed by atoms with Crippen LogP contribution in [0, 0.1) is 12.8 Å². The summed E-state index contributed by atoms with van der Waals surface area (Å²) in [4.78, 5) is 18.1. The number of hydrogen-bond donors (Lipinski definition) is 1. The van der Waals surface area contributed by atoms with E-state index < -0.39 is 0 Å². The van der Waals surface area contributed by atoms with Gasteiger partial charge in [-0.15, -0.1) is 0 Å². The van der Waals surface area contributed by atoms with E-state index in [-0.39, 0.29) is 5.97 Å². The Morgan fingerprint density at radius 1 is 1.40 bits per heavy atom. The first-order valence-corrected chi connectivity index (χ1v) is 6.82. The first-order chi connectivity index (χ1) is 9.35. The second-order valence-electron chi connectivity index (χ2n) is 5.58. The molecule has 0 amide bonds. The third kappa shape index (κ3) is 4.49. The molecule has 0 aromatic carbocycles. The van der Waals surface area contributed by atoms with Gasteiger partial charge in [0, 0.05) is 12.6 Å². The summed E-state index contributed by atoms with van der Waals surface area (Å²) in [7, 11) is 5.48. The average molecular weight is 279 g/mol. The highest BCUT2D eigenvalue weighted by Gasteiger charge is 2.16. The van der Waals surface area contributed by atoms with Crippen molar-refractivity contribution in [1.29, 1.82) is 0 Å². The van der Waals surface area contributed by atoms with Crippen LogP contribution in [0.5, 0.6) is 0 Å². The lowest BCUT2D eigenvalue weighted by Crippen LogP contribution is -2.36. The number of ether oxygens (including phenoxy) is 1. The van der Waals surface area contributed by atoms with Gasteiger partial charge in [0.2, 0.25) is 0 Å². The van der Waals surface area contributed by atoms with Crippen LogP contribution in [0.1, 0.15) is 29.9 Å². The zero-order valence-corrected chi connectivity index (χ0v) is 13.2. The van der Waals surface area contributed by atoms with Crippen molar-refractivity contribution in [2.75, 3.05) is 33.1 Å². The number of methoxy groups -OCH3 is 1. The fourth-order valence-corrected chi connectivity index (χ4v) is 1.97. The Bertz CT molecular complexity index is 458. The first-order valence-electron chi connectivity index (χ1n) is 6.82. The van der Waals surface area contributed by atoms with Gasteiger partial charge in [0.05, 0.1) is 18.4 Å². The van der Waals surface area contributed by atoms with Crippen molar-refractivity contribution in [2.24, 2.45) is 5.92 Å². The molecule has 112 valence electrons. The number of nitrogens with one attached hydrogen (secondary N) is 1. The van der Waals surface area contributed by atoms with Gasteiger partial charge in [-0.1, -0.05) is 13.8 Å². The lowest BCUT2D eigenvalue weighted by atomic mass is 10.0. The molecule has 0 fully saturated rings. The molecule has 0 saturated carbocycles. The summed E-state index contributed by atoms with van der Waals surface area (Å²) in [5.41, 5.74) is 1.18. The van der Waals surface area contributed by atoms with E-state index >= 15 is 0 Å². The van der Waals surface area contributed by atoms with Crippen LogP contribution in [-0.4, -0.2) is 49.6 Å². The highest BCUT2D eigenvalue weighted by molar-refractivity contribution is 5.90. The van der Waals surface area contributed by atoms with Crippen LogP contribution in [-0.2, 0) is 4.74 Å². The van der Waals surface area contributed by atoms with Crippen LogP contribution in [0.25, 0.3) is 0 Å². The molecule has 0 radical (unpaired) electrons. The molecular weight excluding hydrogens is 254 g/mol. The predicted octanol–water partition coefficient (Wildman–Crippen LogP) is 2.17. The third-order valence-electron chi connectivity index (χ3n) is 3.19. The molecule has 20 heavy (non-hydrogen) atoms. The molecule has 0 spiro atoms. The van der Waals surface area contributed by atoms with E-state index in [1.54, 1.807) is 6.07 Å². The summed E-state index contributed by atoms with van der Waals surface area (Å²) in [5, 5.41) is 3.43. The number of anilines is 1. The molecule has 1 aromatic rings. The topological polar surface area (TPSA) is 54.5 Å². The molecular formula is C15H25N3O2. The fourth-order valence-electron chi connectivity index (χ4n) is 1.97. The third-order valence-corrected chi connectivity index (χ3v) is 3.19. The minimum atomic E-state index is -0.352. The van der Waals surface area contributed by atoms with Crippen molar-refractivity contribution in [3.05, 3.63) is 23.4 Å². The number of hydrogen-bond acceptors (Lipinski definition) is 5. The maximum Gasteiger partial charge on any atom is 0.339 e. The van der Waals surface area contributed by atoms with Crippen molar-refractivity contribution >= 4 is 11.8 Å². The second kappa shape index (κ2) is 7.24. The van der Waals surface area contributed by atoms with E-state index in [0.29, 0.717) is 23.2 Å². The molecule has 5 heteroatoms. The molecule has 1 aromatic heterocycles. The normalized spacial score (nSPS) is 12.6. The first kappa shape index (κ1) is 16.4. The molecule has 5 nitrogen and oxygen atoms in total. The van der Waals surface area contributed by atoms with E-state index in [1.165, 1.54) is 7.11 Å². The smallest absolute Gasteiger partial charge is 0.339 e. The number of carbonyl (C=O) groups excluding carboxylic acids is 1. The van der Waals surface area contributed by atoms with Crippen molar-refractivity contribution in [3.63, 3.8) is 0 Å². The highest BCUT2D eigenvalue weighted by Crippen LogP contribution is 2.15. The molecule has 1 heterocycles. The van der Waals surface area contributed by atoms with Gasteiger partial charge in [0.25, 0.3) is 0 Å². The van der Waals surface area contributed by atoms with Crippen LogP contribution in [0.15, 0.2) is 12.1 Å². The Kier molecular flexibility index (Phi) is 5.95. The molecule has 0 bridgehead atoms. The quantitative estimate of drug-likeness (QED) is 0.809. The SMILES string of the molecule is COC(=O)c1ccc(NC(CN(C)C)C(C)C)nc1C. The molecule has 1 N–H and O–H groups in total. The maximum absolute atomic E-state index is 11.5. The van der Waals surface area contributed by atoms with Gasteiger partial charge in [-0.25, -0.2) is 9.78 Å². The van der Waals surface area contributed by atoms with Crippen molar-refractivity contribution in [3.8, 4) is 0 Å². The van der Waals surface area contributed by atoms with Gasteiger partial charge in [-0.05, 0) is 39.1 Å². The Hall–Kier alpha value is -1.62. The Morgan fingerprint density at radius 2 is 2.05 bits per heavy atom. The van der Waals surface area contributed by atoms with Crippen LogP contribution in [0.4, 0.5) is 5.82 Å². The van der Waals surface area contributed by atoms with Crippen molar-refractivity contribution in [2.45, 2.75) is 26.8 Å². The number of pyridine rings is 1. The largest absolute Gasteiger partial charge is 0.465 e. The van der Waals surface area contributed by atoms with Gasteiger partial charge in [0.1, 0.15) is 5.82 Å². The van der Waals surface area contributed by atoms with Crippen LogP contribution in [0.3, 0.4) is 0 Å². The number of carbonyl (C=O) groups is 1. The molecule has 0 aliphatic rings. The monoisotopic (exact) mass is 279 g/mol. The lowest BCUT2D eigenvalue weighted by molar-refractivity contribution is 0.0599. The van der Waals surface area contributed by atoms with Crippen molar-refractivity contribution in [1.82, 2.24) is 9.88 Å². The van der Waals surface area contributed by atoms with Gasteiger partial charge < -0.3 is 15.0 Å². The van der Waals surface area contributed by atoms with E-state index in [1.807, 2.05) is 13.0 Å². The number of nitrogens with zero attached hydrogens (tertiary/aromatic N) is 2. The summed E-state index contributed by atoms with van der Waals surface area (Å²) in [6, 6.07) is 3.88. The Labute approximate surface area is 121 Å². The number of rotatable bonds is 6. The standard InChI is InChI=1S/C15H25N3O2/c1-10(2)13(9-18(4)5)17-14-8-7-12(11(3)16-14)15(19)20-6/h7-8,10,13H,9H2,1-6H3,(H,16,17). The summed E-state index contributed by atoms with van der Waals surface area (Å²) < 4.78 is 4.72.